The van der Waals surface area contributed by atoms with Crippen LogP contribution in [0.4, 0.5) is 11.4 Å². The molecule has 0 aliphatic heterocycles. The fourth-order valence-corrected chi connectivity index (χ4v) is 2.51. The summed E-state index contributed by atoms with van der Waals surface area (Å²) in [4.78, 5) is 22.5. The molecule has 0 unspecified atom stereocenters. The predicted molar refractivity (Wildman–Crippen MR) is 95.6 cm³/mol. The summed E-state index contributed by atoms with van der Waals surface area (Å²) in [5.74, 6) is 0.218. The highest BCUT2D eigenvalue weighted by Gasteiger charge is 2.15. The third-order valence-corrected chi connectivity index (χ3v) is 4.81. The van der Waals surface area contributed by atoms with Gasteiger partial charge < -0.3 is 10.1 Å². The monoisotopic (exact) mass is 392 g/mol. The minimum atomic E-state index is -0.477. The van der Waals surface area contributed by atoms with E-state index < -0.39 is 4.92 Å². The summed E-state index contributed by atoms with van der Waals surface area (Å²) in [7, 11) is 0. The van der Waals surface area contributed by atoms with E-state index in [1.165, 1.54) is 12.1 Å². The number of rotatable bonds is 5. The Morgan fingerprint density at radius 1 is 1.25 bits per heavy atom. The Bertz CT molecular complexity index is 782. The van der Waals surface area contributed by atoms with Crippen molar-refractivity contribution in [3.8, 4) is 5.75 Å². The molecule has 0 aromatic heterocycles. The molecule has 0 heterocycles. The van der Waals surface area contributed by atoms with Gasteiger partial charge in [-0.05, 0) is 50.1 Å². The van der Waals surface area contributed by atoms with Gasteiger partial charge in [0.15, 0.2) is 6.61 Å². The molecule has 7 heteroatoms. The molecule has 6 nitrogen and oxygen atoms in total. The fraction of sp³-hybridized carbons (Fsp3) is 0.235. The molecule has 0 radical (unpaired) electrons. The fourth-order valence-electron chi connectivity index (χ4n) is 2.28. The van der Waals surface area contributed by atoms with Crippen molar-refractivity contribution in [2.75, 3.05) is 11.9 Å². The van der Waals surface area contributed by atoms with Crippen molar-refractivity contribution in [3.63, 3.8) is 0 Å². The highest BCUT2D eigenvalue weighted by Crippen LogP contribution is 2.27. The SMILES string of the molecule is Cc1cc(OCC(=O)Nc2cccc([N+](=O)[O-])c2C)cc(C)c1Br. The standard InChI is InChI=1S/C17H17BrN2O4/c1-10-7-13(8-11(2)17(10)18)24-9-16(21)19-14-5-4-6-15(12(14)3)20(22)23/h4-8H,9H2,1-3H3,(H,19,21). The Morgan fingerprint density at radius 3 is 2.46 bits per heavy atom. The second kappa shape index (κ2) is 7.44. The minimum Gasteiger partial charge on any atom is -0.484 e. The Balaban J connectivity index is 2.04. The van der Waals surface area contributed by atoms with E-state index >= 15 is 0 Å². The molecule has 0 saturated heterocycles. The summed E-state index contributed by atoms with van der Waals surface area (Å²) in [6.45, 7) is 5.30. The van der Waals surface area contributed by atoms with Gasteiger partial charge in [0, 0.05) is 10.5 Å². The van der Waals surface area contributed by atoms with Gasteiger partial charge in [-0.3, -0.25) is 14.9 Å². The van der Waals surface area contributed by atoms with Gasteiger partial charge in [0.05, 0.1) is 16.2 Å². The molecule has 24 heavy (non-hydrogen) atoms. The van der Waals surface area contributed by atoms with Crippen molar-refractivity contribution in [1.82, 2.24) is 0 Å². The quantitative estimate of drug-likeness (QED) is 0.607. The Morgan fingerprint density at radius 2 is 1.88 bits per heavy atom. The smallest absolute Gasteiger partial charge is 0.274 e. The van der Waals surface area contributed by atoms with Gasteiger partial charge >= 0.3 is 0 Å². The molecule has 0 fully saturated rings. The van der Waals surface area contributed by atoms with Crippen LogP contribution in [0.25, 0.3) is 0 Å². The van der Waals surface area contributed by atoms with E-state index in [2.05, 4.69) is 21.2 Å². The lowest BCUT2D eigenvalue weighted by Crippen LogP contribution is -2.20. The summed E-state index contributed by atoms with van der Waals surface area (Å²) >= 11 is 3.47. The number of anilines is 1. The Labute approximate surface area is 148 Å². The van der Waals surface area contributed by atoms with Crippen LogP contribution >= 0.6 is 15.9 Å². The van der Waals surface area contributed by atoms with E-state index in [1.807, 2.05) is 26.0 Å². The van der Waals surface area contributed by atoms with Gasteiger partial charge in [-0.25, -0.2) is 0 Å². The molecule has 0 spiro atoms. The number of nitrogens with one attached hydrogen (secondary N) is 1. The summed E-state index contributed by atoms with van der Waals surface area (Å²) in [5, 5.41) is 13.6. The molecule has 0 saturated carbocycles. The molecule has 0 bridgehead atoms. The summed E-state index contributed by atoms with van der Waals surface area (Å²) in [5.41, 5.74) is 2.81. The lowest BCUT2D eigenvalue weighted by atomic mass is 10.1. The third-order valence-electron chi connectivity index (χ3n) is 3.56. The lowest BCUT2D eigenvalue weighted by molar-refractivity contribution is -0.385. The highest BCUT2D eigenvalue weighted by molar-refractivity contribution is 9.10. The number of carbonyl (C=O) groups is 1. The Hall–Kier alpha value is -2.41. The molecule has 2 aromatic rings. The van der Waals surface area contributed by atoms with Crippen molar-refractivity contribution in [2.24, 2.45) is 0 Å². The molecular formula is C17H17BrN2O4. The number of amides is 1. The van der Waals surface area contributed by atoms with E-state index in [1.54, 1.807) is 13.0 Å². The number of hydrogen-bond acceptors (Lipinski definition) is 4. The van der Waals surface area contributed by atoms with Crippen molar-refractivity contribution in [1.29, 1.82) is 0 Å². The minimum absolute atomic E-state index is 0.0344. The maximum atomic E-state index is 12.0. The van der Waals surface area contributed by atoms with Crippen LogP contribution in [0.15, 0.2) is 34.8 Å². The third kappa shape index (κ3) is 4.11. The molecular weight excluding hydrogens is 376 g/mol. The van der Waals surface area contributed by atoms with Crippen LogP contribution in [-0.4, -0.2) is 17.4 Å². The number of carbonyl (C=O) groups excluding carboxylic acids is 1. The molecule has 0 aliphatic carbocycles. The zero-order valence-electron chi connectivity index (χ0n) is 13.6. The molecule has 2 aromatic carbocycles. The number of aryl methyl sites for hydroxylation is 2. The number of halogens is 1. The maximum absolute atomic E-state index is 12.0. The van der Waals surface area contributed by atoms with Crippen LogP contribution in [0.2, 0.25) is 0 Å². The molecule has 1 amide bonds. The summed E-state index contributed by atoms with van der Waals surface area (Å²) in [6.07, 6.45) is 0. The van der Waals surface area contributed by atoms with Gasteiger partial charge in [-0.2, -0.15) is 0 Å². The normalized spacial score (nSPS) is 10.3. The van der Waals surface area contributed by atoms with Gasteiger partial charge in [0.1, 0.15) is 5.75 Å². The first-order valence-electron chi connectivity index (χ1n) is 7.23. The summed E-state index contributed by atoms with van der Waals surface area (Å²) in [6, 6.07) is 8.22. The highest BCUT2D eigenvalue weighted by atomic mass is 79.9. The zero-order chi connectivity index (χ0) is 17.9. The van der Waals surface area contributed by atoms with Crippen LogP contribution < -0.4 is 10.1 Å². The van der Waals surface area contributed by atoms with Gasteiger partial charge in [-0.15, -0.1) is 0 Å². The number of hydrogen-bond donors (Lipinski definition) is 1. The average molecular weight is 393 g/mol. The van der Waals surface area contributed by atoms with E-state index in [0.29, 0.717) is 17.0 Å². The molecule has 126 valence electrons. The molecule has 1 N–H and O–H groups in total. The van der Waals surface area contributed by atoms with Crippen LogP contribution in [-0.2, 0) is 4.79 Å². The summed E-state index contributed by atoms with van der Waals surface area (Å²) < 4.78 is 6.51. The molecule has 0 aliphatic rings. The zero-order valence-corrected chi connectivity index (χ0v) is 15.1. The van der Waals surface area contributed by atoms with Gasteiger partial charge in [0.25, 0.3) is 11.6 Å². The first-order chi connectivity index (χ1) is 11.3. The largest absolute Gasteiger partial charge is 0.484 e. The Kier molecular flexibility index (Phi) is 5.56. The van der Waals surface area contributed by atoms with E-state index in [9.17, 15) is 14.9 Å². The first-order valence-corrected chi connectivity index (χ1v) is 8.02. The topological polar surface area (TPSA) is 81.5 Å². The maximum Gasteiger partial charge on any atom is 0.274 e. The number of benzene rings is 2. The van der Waals surface area contributed by atoms with Crippen molar-refractivity contribution in [2.45, 2.75) is 20.8 Å². The number of nitro benzene ring substituents is 1. The van der Waals surface area contributed by atoms with Crippen LogP contribution in [0.5, 0.6) is 5.75 Å². The van der Waals surface area contributed by atoms with Crippen LogP contribution in [0, 0.1) is 30.9 Å². The number of ether oxygens (including phenoxy) is 1. The van der Waals surface area contributed by atoms with E-state index in [-0.39, 0.29) is 18.2 Å². The van der Waals surface area contributed by atoms with Crippen LogP contribution in [0.3, 0.4) is 0 Å². The predicted octanol–water partition coefficient (Wildman–Crippen LogP) is 4.30. The van der Waals surface area contributed by atoms with Gasteiger partial charge in [-0.1, -0.05) is 22.0 Å². The van der Waals surface area contributed by atoms with Gasteiger partial charge in [0.2, 0.25) is 0 Å². The van der Waals surface area contributed by atoms with E-state index in [0.717, 1.165) is 15.6 Å². The second-order valence-electron chi connectivity index (χ2n) is 5.41. The van der Waals surface area contributed by atoms with Crippen LogP contribution in [0.1, 0.15) is 16.7 Å². The lowest BCUT2D eigenvalue weighted by Gasteiger charge is -2.11. The van der Waals surface area contributed by atoms with Crippen molar-refractivity contribution < 1.29 is 14.5 Å². The van der Waals surface area contributed by atoms with Crippen molar-refractivity contribution >= 4 is 33.2 Å². The number of nitrogens with zero attached hydrogens (tertiary/aromatic N) is 1. The second-order valence-corrected chi connectivity index (χ2v) is 6.21. The number of nitro groups is 1. The first kappa shape index (κ1) is 17.9. The average Bonchev–Trinajstić information content (AvgIpc) is 2.52. The molecule has 0 atom stereocenters. The van der Waals surface area contributed by atoms with Crippen molar-refractivity contribution in [3.05, 3.63) is 61.6 Å². The van der Waals surface area contributed by atoms with E-state index in [4.69, 9.17) is 4.74 Å². The molecule has 2 rings (SSSR count).